The highest BCUT2D eigenvalue weighted by Crippen LogP contribution is 2.38. The van der Waals surface area contributed by atoms with Gasteiger partial charge in [0.25, 0.3) is 7.82 Å². The number of rotatable bonds is 67. The van der Waals surface area contributed by atoms with E-state index in [1.54, 1.807) is 0 Å². The number of quaternary nitrogens is 1. The third kappa shape index (κ3) is 67.4. The zero-order chi connectivity index (χ0) is 59.8. The van der Waals surface area contributed by atoms with Gasteiger partial charge in [0.05, 0.1) is 27.7 Å². The van der Waals surface area contributed by atoms with Gasteiger partial charge in [0.2, 0.25) is 0 Å². The van der Waals surface area contributed by atoms with Gasteiger partial charge in [-0.1, -0.05) is 339 Å². The molecule has 0 fully saturated rings. The topological polar surface area (TPSA) is 111 Å². The average Bonchev–Trinajstić information content (AvgIpc) is 3.46. The largest absolute Gasteiger partial charge is 0.756 e. The smallest absolute Gasteiger partial charge is 0.306 e. The lowest BCUT2D eigenvalue weighted by Gasteiger charge is -2.28. The Bertz CT molecular complexity index is 1480. The number of nitrogens with zero attached hydrogens (tertiary/aromatic N) is 1. The van der Waals surface area contributed by atoms with E-state index in [1.165, 1.54) is 263 Å². The summed E-state index contributed by atoms with van der Waals surface area (Å²) in [4.78, 5) is 37.9. The number of hydrogen-bond donors (Lipinski definition) is 0. The normalized spacial score (nSPS) is 13.3. The minimum atomic E-state index is -4.64. The molecule has 0 rings (SSSR count). The minimum Gasteiger partial charge on any atom is -0.756 e. The summed E-state index contributed by atoms with van der Waals surface area (Å²) in [6, 6.07) is 0. The summed E-state index contributed by atoms with van der Waals surface area (Å²) in [7, 11) is 1.17. The number of phosphoric acid groups is 1. The van der Waals surface area contributed by atoms with Gasteiger partial charge in [-0.2, -0.15) is 0 Å². The molecular formula is C72H138NO8P. The molecule has 0 N–H and O–H groups in total. The fraction of sp³-hybridized carbons (Fsp3) is 0.889. The first-order chi connectivity index (χ1) is 40.0. The van der Waals surface area contributed by atoms with E-state index in [0.717, 1.165) is 64.2 Å². The summed E-state index contributed by atoms with van der Waals surface area (Å²) in [5.41, 5.74) is 0. The highest BCUT2D eigenvalue weighted by molar-refractivity contribution is 7.45. The molecule has 0 radical (unpaired) electrons. The Hall–Kier alpha value is -1.77. The van der Waals surface area contributed by atoms with Gasteiger partial charge in [-0.3, -0.25) is 14.2 Å². The van der Waals surface area contributed by atoms with E-state index in [9.17, 15) is 19.0 Å². The summed E-state index contributed by atoms with van der Waals surface area (Å²) in [6.45, 7) is 4.17. The van der Waals surface area contributed by atoms with Gasteiger partial charge < -0.3 is 27.9 Å². The summed E-state index contributed by atoms with van der Waals surface area (Å²) in [6.07, 6.45) is 81.3. The van der Waals surface area contributed by atoms with Gasteiger partial charge in [0.15, 0.2) is 6.10 Å². The second-order valence-corrected chi connectivity index (χ2v) is 27.0. The van der Waals surface area contributed by atoms with Crippen molar-refractivity contribution >= 4 is 19.8 Å². The molecular weight excluding hydrogens is 1040 g/mol. The van der Waals surface area contributed by atoms with Crippen LogP contribution in [0.5, 0.6) is 0 Å². The number of unbranched alkanes of at least 4 members (excludes halogenated alkanes) is 47. The molecule has 2 unspecified atom stereocenters. The molecule has 9 nitrogen and oxygen atoms in total. The van der Waals surface area contributed by atoms with Gasteiger partial charge in [0, 0.05) is 12.8 Å². The molecule has 10 heteroatoms. The zero-order valence-corrected chi connectivity index (χ0v) is 56.1. The summed E-state index contributed by atoms with van der Waals surface area (Å²) < 4.78 is 34.2. The Morgan fingerprint density at radius 1 is 0.390 bits per heavy atom. The van der Waals surface area contributed by atoms with Crippen LogP contribution in [0.15, 0.2) is 36.5 Å². The number of carbonyl (C=O) groups is 2. The van der Waals surface area contributed by atoms with Crippen LogP contribution in [0.2, 0.25) is 0 Å². The average molecular weight is 1180 g/mol. The van der Waals surface area contributed by atoms with Crippen molar-refractivity contribution < 1.29 is 42.1 Å². The molecule has 0 aliphatic heterocycles. The molecule has 0 saturated heterocycles. The lowest BCUT2D eigenvalue weighted by molar-refractivity contribution is -0.870. The number of esters is 2. The number of ether oxygens (including phenoxy) is 2. The van der Waals surface area contributed by atoms with Crippen LogP contribution in [-0.4, -0.2) is 70.0 Å². The van der Waals surface area contributed by atoms with Crippen LogP contribution in [-0.2, 0) is 32.7 Å². The van der Waals surface area contributed by atoms with Crippen LogP contribution in [0.4, 0.5) is 0 Å². The second-order valence-electron chi connectivity index (χ2n) is 25.6. The van der Waals surface area contributed by atoms with Crippen molar-refractivity contribution in [1.29, 1.82) is 0 Å². The molecule has 82 heavy (non-hydrogen) atoms. The Labute approximate surface area is 510 Å². The van der Waals surface area contributed by atoms with Crippen molar-refractivity contribution in [1.82, 2.24) is 0 Å². The van der Waals surface area contributed by atoms with Crippen molar-refractivity contribution in [2.75, 3.05) is 47.5 Å². The lowest BCUT2D eigenvalue weighted by Crippen LogP contribution is -2.37. The third-order valence-electron chi connectivity index (χ3n) is 16.2. The molecule has 0 saturated carbocycles. The quantitative estimate of drug-likeness (QED) is 0.0195. The van der Waals surface area contributed by atoms with Crippen molar-refractivity contribution in [2.45, 2.75) is 367 Å². The van der Waals surface area contributed by atoms with Crippen molar-refractivity contribution in [3.05, 3.63) is 36.5 Å². The summed E-state index contributed by atoms with van der Waals surface area (Å²) in [5, 5.41) is 0. The van der Waals surface area contributed by atoms with E-state index in [4.69, 9.17) is 18.5 Å². The van der Waals surface area contributed by atoms with E-state index >= 15 is 0 Å². The van der Waals surface area contributed by atoms with Crippen LogP contribution >= 0.6 is 7.82 Å². The standard InChI is InChI=1S/C72H138NO8P/c1-6-8-10-12-14-16-18-20-22-24-25-26-27-28-29-30-31-32-33-34-35-36-37-38-39-40-41-42-43-44-45-46-47-49-50-52-54-56-58-60-62-64-71(74)78-68-70(69-80-82(76,77)79-67-66-73(3,4)5)81-72(75)65-63-61-59-57-55-53-51-48-23-21-19-17-15-13-11-9-7-2/h9,11,15,17,21,23,70H,6-8,10,12-14,16,18-20,22,24-69H2,1-5H3/b11-9-,17-15-,23-21-. The Morgan fingerprint density at radius 2 is 0.695 bits per heavy atom. The van der Waals surface area contributed by atoms with Crippen LogP contribution in [0, 0.1) is 0 Å². The zero-order valence-electron chi connectivity index (χ0n) is 55.2. The van der Waals surface area contributed by atoms with Gasteiger partial charge in [-0.15, -0.1) is 0 Å². The van der Waals surface area contributed by atoms with Crippen LogP contribution in [0.25, 0.3) is 0 Å². The molecule has 0 spiro atoms. The lowest BCUT2D eigenvalue weighted by atomic mass is 10.0. The third-order valence-corrected chi connectivity index (χ3v) is 17.1. The maximum atomic E-state index is 12.8. The number of carbonyl (C=O) groups excluding carboxylic acids is 2. The predicted octanol–water partition coefficient (Wildman–Crippen LogP) is 22.4. The number of phosphoric ester groups is 1. The SMILES string of the molecule is CC/C=C\C/C=C\C/C=C\CCCCCCCCCC(=O)OC(COC(=O)CCCCCCCCCCCCCCCCCCCCCCCCCCCCCCCCCCCCCCCCCCC)COP(=O)([O-])OCC[N+](C)(C)C. The van der Waals surface area contributed by atoms with E-state index in [-0.39, 0.29) is 32.0 Å². The highest BCUT2D eigenvalue weighted by atomic mass is 31.2. The molecule has 2 atom stereocenters. The molecule has 0 amide bonds. The van der Waals surface area contributed by atoms with Gasteiger partial charge in [-0.05, 0) is 44.9 Å². The van der Waals surface area contributed by atoms with E-state index in [1.807, 2.05) is 21.1 Å². The number of allylic oxidation sites excluding steroid dienone is 6. The van der Waals surface area contributed by atoms with Crippen molar-refractivity contribution in [3.8, 4) is 0 Å². The minimum absolute atomic E-state index is 0.0317. The van der Waals surface area contributed by atoms with Gasteiger partial charge in [0.1, 0.15) is 19.8 Å². The highest BCUT2D eigenvalue weighted by Gasteiger charge is 2.22. The molecule has 484 valence electrons. The van der Waals surface area contributed by atoms with E-state index in [0.29, 0.717) is 17.4 Å². The number of hydrogen-bond acceptors (Lipinski definition) is 8. The fourth-order valence-corrected chi connectivity index (χ4v) is 11.5. The van der Waals surface area contributed by atoms with Crippen LogP contribution in [0.1, 0.15) is 361 Å². The molecule has 0 aromatic heterocycles. The summed E-state index contributed by atoms with van der Waals surface area (Å²) >= 11 is 0. The Kier molecular flexibility index (Phi) is 62.3. The van der Waals surface area contributed by atoms with Crippen molar-refractivity contribution in [3.63, 3.8) is 0 Å². The number of likely N-dealkylation sites (N-methyl/N-ethyl adjacent to an activating group) is 1. The van der Waals surface area contributed by atoms with Gasteiger partial charge >= 0.3 is 11.9 Å². The first-order valence-corrected chi connectivity index (χ1v) is 37.2. The summed E-state index contributed by atoms with van der Waals surface area (Å²) in [5.74, 6) is -0.830. The molecule has 0 heterocycles. The van der Waals surface area contributed by atoms with E-state index < -0.39 is 26.5 Å². The monoisotopic (exact) mass is 1180 g/mol. The predicted molar refractivity (Wildman–Crippen MR) is 351 cm³/mol. The molecule has 0 aliphatic carbocycles. The van der Waals surface area contributed by atoms with Gasteiger partial charge in [-0.25, -0.2) is 0 Å². The first-order valence-electron chi connectivity index (χ1n) is 35.7. The van der Waals surface area contributed by atoms with Crippen LogP contribution < -0.4 is 4.89 Å². The maximum Gasteiger partial charge on any atom is 0.306 e. The molecule has 0 aliphatic rings. The fourth-order valence-electron chi connectivity index (χ4n) is 10.7. The second kappa shape index (κ2) is 63.7. The molecule has 0 bridgehead atoms. The van der Waals surface area contributed by atoms with Crippen LogP contribution in [0.3, 0.4) is 0 Å². The van der Waals surface area contributed by atoms with E-state index in [2.05, 4.69) is 50.3 Å². The molecule has 0 aromatic rings. The first kappa shape index (κ1) is 80.2. The van der Waals surface area contributed by atoms with Crippen molar-refractivity contribution in [2.24, 2.45) is 0 Å². The maximum absolute atomic E-state index is 12.8. The Balaban J connectivity index is 3.82. The Morgan fingerprint density at radius 3 is 1.04 bits per heavy atom. The molecule has 0 aromatic carbocycles.